The molecule has 0 radical (unpaired) electrons. The molecule has 7 heteroatoms. The van der Waals surface area contributed by atoms with Crippen LogP contribution in [0.3, 0.4) is 0 Å². The Morgan fingerprint density at radius 2 is 1.94 bits per heavy atom. The fraction of sp³-hybridized carbons (Fsp3) is 0.400. The summed E-state index contributed by atoms with van der Waals surface area (Å²) in [7, 11) is 3.65. The second-order valence-corrected chi connectivity index (χ2v) is 2.93. The van der Waals surface area contributed by atoms with Gasteiger partial charge < -0.3 is 14.2 Å². The molecule has 1 heterocycles. The van der Waals surface area contributed by atoms with Gasteiger partial charge in [0.15, 0.2) is 11.4 Å². The van der Waals surface area contributed by atoms with Gasteiger partial charge in [-0.2, -0.15) is 0 Å². The SMILES string of the molecule is COC(=O)c1nc(OC)c(OC)cc1C(F)F. The molecule has 17 heavy (non-hydrogen) atoms. The van der Waals surface area contributed by atoms with Crippen LogP contribution in [0.4, 0.5) is 8.78 Å². The Hall–Kier alpha value is -1.92. The summed E-state index contributed by atoms with van der Waals surface area (Å²) < 4.78 is 39.5. The predicted molar refractivity (Wildman–Crippen MR) is 53.6 cm³/mol. The van der Waals surface area contributed by atoms with Crippen LogP contribution in [-0.2, 0) is 4.74 Å². The molecular formula is C10H11F2NO4. The predicted octanol–water partition coefficient (Wildman–Crippen LogP) is 1.82. The first-order chi connectivity index (χ1) is 8.04. The van der Waals surface area contributed by atoms with Crippen LogP contribution in [0.2, 0.25) is 0 Å². The maximum absolute atomic E-state index is 12.7. The molecule has 0 aliphatic carbocycles. The van der Waals surface area contributed by atoms with Crippen molar-refractivity contribution in [2.24, 2.45) is 0 Å². The van der Waals surface area contributed by atoms with Crippen molar-refractivity contribution in [1.82, 2.24) is 4.98 Å². The summed E-state index contributed by atoms with van der Waals surface area (Å²) in [6.45, 7) is 0. The molecular weight excluding hydrogens is 236 g/mol. The number of nitrogens with zero attached hydrogens (tertiary/aromatic N) is 1. The number of alkyl halides is 2. The van der Waals surface area contributed by atoms with E-state index in [0.717, 1.165) is 13.2 Å². The first-order valence-corrected chi connectivity index (χ1v) is 4.54. The monoisotopic (exact) mass is 247 g/mol. The van der Waals surface area contributed by atoms with E-state index in [9.17, 15) is 13.6 Å². The molecule has 94 valence electrons. The van der Waals surface area contributed by atoms with Crippen molar-refractivity contribution in [1.29, 1.82) is 0 Å². The Balaban J connectivity index is 3.40. The zero-order chi connectivity index (χ0) is 13.0. The lowest BCUT2D eigenvalue weighted by Gasteiger charge is -2.11. The molecule has 0 saturated carbocycles. The van der Waals surface area contributed by atoms with Gasteiger partial charge in [0.25, 0.3) is 12.3 Å². The molecule has 1 aromatic rings. The number of carbonyl (C=O) groups excluding carboxylic acids is 1. The third-order valence-corrected chi connectivity index (χ3v) is 2.01. The van der Waals surface area contributed by atoms with Gasteiger partial charge in [0.2, 0.25) is 0 Å². The number of aromatic nitrogens is 1. The number of esters is 1. The third-order valence-electron chi connectivity index (χ3n) is 2.01. The average molecular weight is 247 g/mol. The van der Waals surface area contributed by atoms with E-state index in [0.29, 0.717) is 0 Å². The Morgan fingerprint density at radius 3 is 2.35 bits per heavy atom. The minimum atomic E-state index is -2.86. The van der Waals surface area contributed by atoms with Gasteiger partial charge in [0.05, 0.1) is 26.9 Å². The number of rotatable bonds is 4. The highest BCUT2D eigenvalue weighted by Gasteiger charge is 2.24. The largest absolute Gasteiger partial charge is 0.491 e. The van der Waals surface area contributed by atoms with Crippen molar-refractivity contribution in [3.63, 3.8) is 0 Å². The summed E-state index contributed by atoms with van der Waals surface area (Å²) in [5, 5.41) is 0. The van der Waals surface area contributed by atoms with E-state index in [1.165, 1.54) is 14.2 Å². The van der Waals surface area contributed by atoms with Crippen LogP contribution >= 0.6 is 0 Å². The van der Waals surface area contributed by atoms with Crippen molar-refractivity contribution >= 4 is 5.97 Å². The molecule has 0 N–H and O–H groups in total. The maximum Gasteiger partial charge on any atom is 0.357 e. The van der Waals surface area contributed by atoms with E-state index in [1.54, 1.807) is 0 Å². The molecule has 0 spiro atoms. The Bertz CT molecular complexity index is 423. The smallest absolute Gasteiger partial charge is 0.357 e. The standard InChI is InChI=1S/C10H11F2NO4/c1-15-6-4-5(8(11)12)7(10(14)17-3)13-9(6)16-2/h4,8H,1-3H3. The highest BCUT2D eigenvalue weighted by molar-refractivity contribution is 5.89. The third kappa shape index (κ3) is 2.61. The minimum absolute atomic E-state index is 0.0236. The van der Waals surface area contributed by atoms with E-state index in [4.69, 9.17) is 9.47 Å². The van der Waals surface area contributed by atoms with Crippen molar-refractivity contribution in [2.75, 3.05) is 21.3 Å². The lowest BCUT2D eigenvalue weighted by molar-refractivity contribution is 0.0580. The Labute approximate surface area is 96.3 Å². The summed E-state index contributed by atoms with van der Waals surface area (Å²) in [6.07, 6.45) is -2.86. The van der Waals surface area contributed by atoms with Crippen LogP contribution in [0.1, 0.15) is 22.5 Å². The molecule has 1 rings (SSSR count). The first-order valence-electron chi connectivity index (χ1n) is 4.54. The van der Waals surface area contributed by atoms with Gasteiger partial charge in [-0.15, -0.1) is 0 Å². The van der Waals surface area contributed by atoms with Crippen LogP contribution < -0.4 is 9.47 Å². The maximum atomic E-state index is 12.7. The highest BCUT2D eigenvalue weighted by atomic mass is 19.3. The van der Waals surface area contributed by atoms with E-state index >= 15 is 0 Å². The quantitative estimate of drug-likeness (QED) is 0.759. The fourth-order valence-corrected chi connectivity index (χ4v) is 1.21. The molecule has 0 fully saturated rings. The topological polar surface area (TPSA) is 57.7 Å². The van der Waals surface area contributed by atoms with Gasteiger partial charge in [-0.3, -0.25) is 0 Å². The van der Waals surface area contributed by atoms with Gasteiger partial charge in [-0.25, -0.2) is 18.6 Å². The molecule has 0 aliphatic heterocycles. The van der Waals surface area contributed by atoms with E-state index < -0.39 is 23.7 Å². The van der Waals surface area contributed by atoms with Crippen molar-refractivity contribution < 1.29 is 27.8 Å². The molecule has 0 bridgehead atoms. The van der Waals surface area contributed by atoms with Crippen LogP contribution in [0.15, 0.2) is 6.07 Å². The van der Waals surface area contributed by atoms with Crippen molar-refractivity contribution in [3.05, 3.63) is 17.3 Å². The van der Waals surface area contributed by atoms with Gasteiger partial charge in [0.1, 0.15) is 0 Å². The summed E-state index contributed by atoms with van der Waals surface area (Å²) in [6, 6.07) is 1.00. The molecule has 5 nitrogen and oxygen atoms in total. The summed E-state index contributed by atoms with van der Waals surface area (Å²) in [5.41, 5.74) is -1.05. The Kier molecular flexibility index (Phi) is 4.19. The summed E-state index contributed by atoms with van der Waals surface area (Å²) in [4.78, 5) is 14.9. The second kappa shape index (κ2) is 5.42. The number of carbonyl (C=O) groups is 1. The first kappa shape index (κ1) is 13.1. The van der Waals surface area contributed by atoms with Crippen LogP contribution in [0, 0.1) is 0 Å². The number of halogens is 2. The number of hydrogen-bond donors (Lipinski definition) is 0. The van der Waals surface area contributed by atoms with E-state index in [-0.39, 0.29) is 11.6 Å². The van der Waals surface area contributed by atoms with Gasteiger partial charge >= 0.3 is 5.97 Å². The lowest BCUT2D eigenvalue weighted by Crippen LogP contribution is -2.11. The normalized spacial score (nSPS) is 10.2. The zero-order valence-corrected chi connectivity index (χ0v) is 9.49. The van der Waals surface area contributed by atoms with Crippen LogP contribution in [-0.4, -0.2) is 32.3 Å². The minimum Gasteiger partial charge on any atom is -0.491 e. The molecule has 0 amide bonds. The van der Waals surface area contributed by atoms with E-state index in [2.05, 4.69) is 9.72 Å². The van der Waals surface area contributed by atoms with Crippen LogP contribution in [0.5, 0.6) is 11.6 Å². The molecule has 0 aromatic carbocycles. The second-order valence-electron chi connectivity index (χ2n) is 2.93. The number of hydrogen-bond acceptors (Lipinski definition) is 5. The fourth-order valence-electron chi connectivity index (χ4n) is 1.21. The Morgan fingerprint density at radius 1 is 1.29 bits per heavy atom. The molecule has 0 atom stereocenters. The molecule has 0 saturated heterocycles. The number of methoxy groups -OCH3 is 3. The molecule has 0 unspecified atom stereocenters. The zero-order valence-electron chi connectivity index (χ0n) is 9.49. The summed E-state index contributed by atoms with van der Waals surface area (Å²) >= 11 is 0. The molecule has 0 aliphatic rings. The number of ether oxygens (including phenoxy) is 3. The van der Waals surface area contributed by atoms with E-state index in [1.807, 2.05) is 0 Å². The average Bonchev–Trinajstić information content (AvgIpc) is 2.35. The van der Waals surface area contributed by atoms with Gasteiger partial charge in [-0.05, 0) is 6.07 Å². The van der Waals surface area contributed by atoms with Crippen molar-refractivity contribution in [3.8, 4) is 11.6 Å². The highest BCUT2D eigenvalue weighted by Crippen LogP contribution is 2.32. The lowest BCUT2D eigenvalue weighted by atomic mass is 10.2. The molecule has 1 aromatic heterocycles. The number of pyridine rings is 1. The van der Waals surface area contributed by atoms with Crippen LogP contribution in [0.25, 0.3) is 0 Å². The van der Waals surface area contributed by atoms with Crippen molar-refractivity contribution in [2.45, 2.75) is 6.43 Å². The summed E-state index contributed by atoms with van der Waals surface area (Å²) in [5.74, 6) is -0.992. The van der Waals surface area contributed by atoms with Gasteiger partial charge in [0, 0.05) is 0 Å². The van der Waals surface area contributed by atoms with Gasteiger partial charge in [-0.1, -0.05) is 0 Å².